The number of ether oxygens (including phenoxy) is 3. The largest absolute Gasteiger partial charge is 0.493 e. The van der Waals surface area contributed by atoms with Crippen molar-refractivity contribution in [1.82, 2.24) is 5.43 Å². The Morgan fingerprint density at radius 1 is 1.19 bits per heavy atom. The molecule has 0 unspecified atom stereocenters. The van der Waals surface area contributed by atoms with E-state index in [9.17, 15) is 4.79 Å². The van der Waals surface area contributed by atoms with Crippen LogP contribution in [-0.2, 0) is 4.79 Å². The van der Waals surface area contributed by atoms with Crippen LogP contribution in [0.15, 0.2) is 39.9 Å². The molecule has 26 heavy (non-hydrogen) atoms. The number of carbonyl (C=O) groups is 1. The molecule has 1 amide bonds. The van der Waals surface area contributed by atoms with E-state index in [1.165, 1.54) is 6.21 Å². The Morgan fingerprint density at radius 2 is 1.96 bits per heavy atom. The minimum atomic E-state index is -0.346. The van der Waals surface area contributed by atoms with Crippen LogP contribution < -0.4 is 19.6 Å². The summed E-state index contributed by atoms with van der Waals surface area (Å²) in [5, 5.41) is 3.94. The number of rotatable bonds is 7. The van der Waals surface area contributed by atoms with Gasteiger partial charge in [-0.05, 0) is 64.7 Å². The molecule has 0 bridgehead atoms. The third-order valence-corrected chi connectivity index (χ3v) is 4.36. The van der Waals surface area contributed by atoms with E-state index in [1.54, 1.807) is 20.3 Å². The minimum Gasteiger partial charge on any atom is -0.493 e. The van der Waals surface area contributed by atoms with Crippen LogP contribution in [0.4, 0.5) is 0 Å². The normalized spacial score (nSPS) is 10.7. The molecule has 7 heteroatoms. The molecule has 0 fully saturated rings. The fourth-order valence-corrected chi connectivity index (χ4v) is 2.87. The van der Waals surface area contributed by atoms with Gasteiger partial charge >= 0.3 is 0 Å². The van der Waals surface area contributed by atoms with E-state index >= 15 is 0 Å². The van der Waals surface area contributed by atoms with E-state index in [-0.39, 0.29) is 12.5 Å². The second-order valence-corrected chi connectivity index (χ2v) is 6.37. The Bertz CT molecular complexity index is 821. The van der Waals surface area contributed by atoms with Gasteiger partial charge in [0.2, 0.25) is 0 Å². The molecule has 2 aromatic carbocycles. The van der Waals surface area contributed by atoms with Crippen LogP contribution in [0.25, 0.3) is 0 Å². The Balaban J connectivity index is 1.94. The second-order valence-electron chi connectivity index (χ2n) is 5.52. The van der Waals surface area contributed by atoms with Crippen molar-refractivity contribution < 1.29 is 19.0 Å². The zero-order chi connectivity index (χ0) is 19.1. The minimum absolute atomic E-state index is 0.114. The molecule has 138 valence electrons. The number of carbonyl (C=O) groups excluding carboxylic acids is 1. The van der Waals surface area contributed by atoms with Crippen LogP contribution in [0.2, 0.25) is 0 Å². The first-order chi connectivity index (χ1) is 12.5. The number of nitrogens with one attached hydrogen (secondary N) is 1. The number of nitrogens with zero attached hydrogens (tertiary/aromatic N) is 1. The summed E-state index contributed by atoms with van der Waals surface area (Å²) in [6.45, 7) is 3.83. The molecule has 6 nitrogen and oxygen atoms in total. The number of methoxy groups -OCH3 is 2. The number of hydrazone groups is 1. The molecular weight excluding hydrogens is 400 g/mol. The lowest BCUT2D eigenvalue weighted by Crippen LogP contribution is -2.24. The van der Waals surface area contributed by atoms with E-state index < -0.39 is 0 Å². The van der Waals surface area contributed by atoms with Gasteiger partial charge in [-0.25, -0.2) is 5.43 Å². The van der Waals surface area contributed by atoms with E-state index in [0.717, 1.165) is 21.2 Å². The van der Waals surface area contributed by atoms with E-state index in [0.29, 0.717) is 17.2 Å². The fourth-order valence-electron chi connectivity index (χ4n) is 2.25. The van der Waals surface area contributed by atoms with Gasteiger partial charge in [-0.2, -0.15) is 5.10 Å². The van der Waals surface area contributed by atoms with E-state index in [2.05, 4.69) is 26.5 Å². The fraction of sp³-hybridized carbons (Fsp3) is 0.263. The molecule has 2 aromatic rings. The Kier molecular flexibility index (Phi) is 7.03. The summed E-state index contributed by atoms with van der Waals surface area (Å²) in [6, 6.07) is 9.28. The van der Waals surface area contributed by atoms with Gasteiger partial charge in [-0.15, -0.1) is 0 Å². The number of halogens is 1. The maximum atomic E-state index is 11.9. The number of hydrogen-bond acceptors (Lipinski definition) is 5. The number of aryl methyl sites for hydroxylation is 1. The molecule has 0 saturated heterocycles. The first-order valence-corrected chi connectivity index (χ1v) is 8.68. The lowest BCUT2D eigenvalue weighted by Gasteiger charge is -2.10. The zero-order valence-electron chi connectivity index (χ0n) is 15.1. The highest BCUT2D eigenvalue weighted by atomic mass is 79.9. The molecule has 0 heterocycles. The summed E-state index contributed by atoms with van der Waals surface area (Å²) in [4.78, 5) is 11.9. The molecule has 0 aliphatic heterocycles. The van der Waals surface area contributed by atoms with Crippen molar-refractivity contribution in [3.05, 3.63) is 51.5 Å². The summed E-state index contributed by atoms with van der Waals surface area (Å²) in [7, 11) is 3.12. The molecule has 0 aliphatic carbocycles. The number of amides is 1. The average molecular weight is 421 g/mol. The molecule has 0 radical (unpaired) electrons. The van der Waals surface area contributed by atoms with E-state index in [4.69, 9.17) is 14.2 Å². The highest BCUT2D eigenvalue weighted by Crippen LogP contribution is 2.35. The molecule has 0 saturated carbocycles. The first-order valence-electron chi connectivity index (χ1n) is 7.88. The molecule has 0 aliphatic rings. The Labute approximate surface area is 161 Å². The average Bonchev–Trinajstić information content (AvgIpc) is 2.62. The van der Waals surface area contributed by atoms with Gasteiger partial charge in [0.25, 0.3) is 5.91 Å². The zero-order valence-corrected chi connectivity index (χ0v) is 16.7. The van der Waals surface area contributed by atoms with Gasteiger partial charge in [-0.1, -0.05) is 12.1 Å². The molecule has 0 spiro atoms. The third-order valence-electron chi connectivity index (χ3n) is 3.77. The monoisotopic (exact) mass is 420 g/mol. The highest BCUT2D eigenvalue weighted by Gasteiger charge is 2.10. The van der Waals surface area contributed by atoms with Crippen LogP contribution in [0.5, 0.6) is 17.2 Å². The van der Waals surface area contributed by atoms with Crippen molar-refractivity contribution in [2.75, 3.05) is 20.8 Å². The molecule has 1 N–H and O–H groups in total. The van der Waals surface area contributed by atoms with Crippen molar-refractivity contribution in [3.8, 4) is 17.2 Å². The summed E-state index contributed by atoms with van der Waals surface area (Å²) >= 11 is 3.41. The van der Waals surface area contributed by atoms with Crippen molar-refractivity contribution in [2.24, 2.45) is 5.10 Å². The SMILES string of the molecule is COc1cc(C=NNC(=O)COc2cccc(C)c2C)cc(Br)c1OC. The molecular formula is C19H21BrN2O4. The van der Waals surface area contributed by atoms with Crippen LogP contribution in [0.3, 0.4) is 0 Å². The standard InChI is InChI=1S/C19H21BrN2O4/c1-12-6-5-7-16(13(12)2)26-11-18(23)22-21-10-14-8-15(20)19(25-4)17(9-14)24-3/h5-10H,11H2,1-4H3,(H,22,23). The predicted molar refractivity (Wildman–Crippen MR) is 104 cm³/mol. The third kappa shape index (κ3) is 4.98. The predicted octanol–water partition coefficient (Wildman–Crippen LogP) is 3.61. The topological polar surface area (TPSA) is 69.2 Å². The molecule has 0 atom stereocenters. The summed E-state index contributed by atoms with van der Waals surface area (Å²) in [6.07, 6.45) is 1.52. The Hall–Kier alpha value is -2.54. The van der Waals surface area contributed by atoms with E-state index in [1.807, 2.05) is 38.1 Å². The van der Waals surface area contributed by atoms with Crippen molar-refractivity contribution in [2.45, 2.75) is 13.8 Å². The second kappa shape index (κ2) is 9.24. The highest BCUT2D eigenvalue weighted by molar-refractivity contribution is 9.10. The first kappa shape index (κ1) is 19.8. The van der Waals surface area contributed by atoms with Gasteiger partial charge in [-0.3, -0.25) is 4.79 Å². The van der Waals surface area contributed by atoms with Crippen LogP contribution >= 0.6 is 15.9 Å². The maximum Gasteiger partial charge on any atom is 0.277 e. The van der Waals surface area contributed by atoms with Crippen molar-refractivity contribution in [3.63, 3.8) is 0 Å². The van der Waals surface area contributed by atoms with Crippen LogP contribution in [0, 0.1) is 13.8 Å². The van der Waals surface area contributed by atoms with Gasteiger partial charge in [0.15, 0.2) is 18.1 Å². The summed E-state index contributed by atoms with van der Waals surface area (Å²) in [5.41, 5.74) is 5.30. The van der Waals surface area contributed by atoms with Crippen molar-refractivity contribution in [1.29, 1.82) is 0 Å². The van der Waals surface area contributed by atoms with Gasteiger partial charge in [0.05, 0.1) is 24.9 Å². The summed E-state index contributed by atoms with van der Waals surface area (Å²) < 4.78 is 16.8. The molecule has 2 rings (SSSR count). The number of hydrogen-bond donors (Lipinski definition) is 1. The van der Waals surface area contributed by atoms with Gasteiger partial charge < -0.3 is 14.2 Å². The lowest BCUT2D eigenvalue weighted by atomic mass is 10.1. The molecule has 0 aromatic heterocycles. The quantitative estimate of drug-likeness (QED) is 0.548. The summed E-state index contributed by atoms with van der Waals surface area (Å²) in [5.74, 6) is 1.50. The number of benzene rings is 2. The lowest BCUT2D eigenvalue weighted by molar-refractivity contribution is -0.123. The van der Waals surface area contributed by atoms with Gasteiger partial charge in [0.1, 0.15) is 5.75 Å². The van der Waals surface area contributed by atoms with Crippen LogP contribution in [-0.4, -0.2) is 32.9 Å². The van der Waals surface area contributed by atoms with Gasteiger partial charge in [0, 0.05) is 0 Å². The Morgan fingerprint density at radius 3 is 2.65 bits per heavy atom. The van der Waals surface area contributed by atoms with Crippen molar-refractivity contribution >= 4 is 28.1 Å². The van der Waals surface area contributed by atoms with Crippen LogP contribution in [0.1, 0.15) is 16.7 Å². The maximum absolute atomic E-state index is 11.9. The smallest absolute Gasteiger partial charge is 0.277 e.